The molecule has 1 atom stereocenters. The second-order valence-electron chi connectivity index (χ2n) is 6.24. The number of fused-ring (bicyclic) bond motifs is 1. The first-order valence-electron chi connectivity index (χ1n) is 8.71. The molecule has 0 fully saturated rings. The molecule has 6 heteroatoms. The number of carbonyl (C=O) groups is 1. The number of nitrogens with zero attached hydrogens (tertiary/aromatic N) is 1. The summed E-state index contributed by atoms with van der Waals surface area (Å²) < 4.78 is 19.3. The van der Waals surface area contributed by atoms with Crippen LogP contribution in [0.1, 0.15) is 12.0 Å². The van der Waals surface area contributed by atoms with Gasteiger partial charge in [0.05, 0.1) is 12.2 Å². The molecular weight excluding hydrogens is 351 g/mol. The number of thioether (sulfide) groups is 1. The van der Waals surface area contributed by atoms with Crippen LogP contribution in [0, 0.1) is 5.82 Å². The molecule has 3 rings (SSSR count). The molecule has 0 bridgehead atoms. The number of hydrogen-bond donors (Lipinski definition) is 1. The molecule has 1 amide bonds. The minimum atomic E-state index is -0.499. The van der Waals surface area contributed by atoms with Gasteiger partial charge in [-0.25, -0.2) is 4.39 Å². The Bertz CT molecular complexity index is 756. The van der Waals surface area contributed by atoms with Gasteiger partial charge in [-0.05, 0) is 35.9 Å². The maximum Gasteiger partial charge on any atom is 0.262 e. The zero-order valence-corrected chi connectivity index (χ0v) is 15.6. The highest BCUT2D eigenvalue weighted by Gasteiger charge is 2.28. The van der Waals surface area contributed by atoms with Crippen LogP contribution in [0.5, 0.6) is 5.75 Å². The summed E-state index contributed by atoms with van der Waals surface area (Å²) in [4.78, 5) is 14.4. The first-order chi connectivity index (χ1) is 12.6. The Labute approximate surface area is 157 Å². The van der Waals surface area contributed by atoms with Gasteiger partial charge in [0.15, 0.2) is 6.10 Å². The van der Waals surface area contributed by atoms with Gasteiger partial charge in [-0.3, -0.25) is 4.79 Å². The molecular formula is C20H23FN2O2S. The van der Waals surface area contributed by atoms with Crippen molar-refractivity contribution in [3.63, 3.8) is 0 Å². The number of rotatable bonds is 7. The number of anilines is 1. The van der Waals surface area contributed by atoms with E-state index in [1.54, 1.807) is 23.9 Å². The molecule has 2 aromatic carbocycles. The average molecular weight is 374 g/mol. The predicted molar refractivity (Wildman–Crippen MR) is 104 cm³/mol. The molecule has 26 heavy (non-hydrogen) atoms. The summed E-state index contributed by atoms with van der Waals surface area (Å²) in [7, 11) is 1.96. The molecule has 4 nitrogen and oxygen atoms in total. The molecule has 0 saturated heterocycles. The van der Waals surface area contributed by atoms with E-state index in [4.69, 9.17) is 4.74 Å². The van der Waals surface area contributed by atoms with Crippen LogP contribution in [-0.4, -0.2) is 37.9 Å². The van der Waals surface area contributed by atoms with E-state index in [2.05, 4.69) is 5.32 Å². The minimum Gasteiger partial charge on any atom is -0.477 e. The van der Waals surface area contributed by atoms with Crippen molar-refractivity contribution in [1.82, 2.24) is 5.32 Å². The number of benzene rings is 2. The van der Waals surface area contributed by atoms with E-state index in [0.717, 1.165) is 29.2 Å². The highest BCUT2D eigenvalue weighted by atomic mass is 32.2. The van der Waals surface area contributed by atoms with Crippen LogP contribution in [-0.2, 0) is 10.5 Å². The van der Waals surface area contributed by atoms with Crippen molar-refractivity contribution >= 4 is 23.4 Å². The molecule has 1 N–H and O–H groups in total. The second kappa shape index (κ2) is 8.94. The SMILES string of the molecule is CN1CC(C(=O)NCCCSCc2ccccc2F)Oc2ccccc21. The standard InChI is InChI=1S/C20H23FN2O2S/c1-23-13-19(25-18-10-5-4-9-17(18)23)20(24)22-11-6-12-26-14-15-7-2-3-8-16(15)21/h2-5,7-10,19H,6,11-14H2,1H3,(H,22,24). The first kappa shape index (κ1) is 18.6. The summed E-state index contributed by atoms with van der Waals surface area (Å²) in [5, 5.41) is 2.94. The highest BCUT2D eigenvalue weighted by Crippen LogP contribution is 2.31. The van der Waals surface area contributed by atoms with Crippen LogP contribution >= 0.6 is 11.8 Å². The second-order valence-corrected chi connectivity index (χ2v) is 7.35. The van der Waals surface area contributed by atoms with Crippen molar-refractivity contribution in [2.45, 2.75) is 18.3 Å². The van der Waals surface area contributed by atoms with Crippen LogP contribution in [0.15, 0.2) is 48.5 Å². The molecule has 1 unspecified atom stereocenters. The molecule has 0 spiro atoms. The lowest BCUT2D eigenvalue weighted by Crippen LogP contribution is -2.48. The van der Waals surface area contributed by atoms with E-state index < -0.39 is 6.10 Å². The van der Waals surface area contributed by atoms with Crippen molar-refractivity contribution in [3.05, 3.63) is 59.9 Å². The number of para-hydroxylation sites is 2. The summed E-state index contributed by atoms with van der Waals surface area (Å²) >= 11 is 1.67. The molecule has 0 aliphatic carbocycles. The topological polar surface area (TPSA) is 41.6 Å². The van der Waals surface area contributed by atoms with Crippen LogP contribution in [0.25, 0.3) is 0 Å². The fraction of sp³-hybridized carbons (Fsp3) is 0.350. The Morgan fingerprint density at radius 2 is 2.04 bits per heavy atom. The van der Waals surface area contributed by atoms with Gasteiger partial charge in [0.25, 0.3) is 5.91 Å². The van der Waals surface area contributed by atoms with Gasteiger partial charge in [-0.2, -0.15) is 11.8 Å². The zero-order chi connectivity index (χ0) is 18.4. The number of hydrogen-bond acceptors (Lipinski definition) is 4. The first-order valence-corrected chi connectivity index (χ1v) is 9.86. The lowest BCUT2D eigenvalue weighted by atomic mass is 10.2. The van der Waals surface area contributed by atoms with Gasteiger partial charge in [0, 0.05) is 19.3 Å². The summed E-state index contributed by atoms with van der Waals surface area (Å²) in [6.07, 6.45) is 0.338. The predicted octanol–water partition coefficient (Wildman–Crippen LogP) is 3.46. The molecule has 1 aliphatic rings. The monoisotopic (exact) mass is 374 g/mol. The Kier molecular flexibility index (Phi) is 6.39. The number of halogens is 1. The Balaban J connectivity index is 1.37. The summed E-state index contributed by atoms with van der Waals surface area (Å²) in [6, 6.07) is 14.5. The van der Waals surface area contributed by atoms with Crippen molar-refractivity contribution in [2.75, 3.05) is 30.8 Å². The van der Waals surface area contributed by atoms with Crippen molar-refractivity contribution < 1.29 is 13.9 Å². The van der Waals surface area contributed by atoms with Gasteiger partial charge in [0.2, 0.25) is 0 Å². The fourth-order valence-electron chi connectivity index (χ4n) is 2.84. The Morgan fingerprint density at radius 3 is 2.88 bits per heavy atom. The maximum atomic E-state index is 13.5. The number of likely N-dealkylation sites (N-methyl/N-ethyl adjacent to an activating group) is 1. The molecule has 138 valence electrons. The van der Waals surface area contributed by atoms with E-state index in [1.807, 2.05) is 42.3 Å². The third kappa shape index (κ3) is 4.69. The van der Waals surface area contributed by atoms with Crippen LogP contribution in [0.4, 0.5) is 10.1 Å². The summed E-state index contributed by atoms with van der Waals surface area (Å²) in [5.41, 5.74) is 1.72. The van der Waals surface area contributed by atoms with Gasteiger partial charge >= 0.3 is 0 Å². The Morgan fingerprint density at radius 1 is 1.27 bits per heavy atom. The van der Waals surface area contributed by atoms with Crippen LogP contribution in [0.2, 0.25) is 0 Å². The molecule has 0 aromatic heterocycles. The van der Waals surface area contributed by atoms with E-state index in [1.165, 1.54) is 6.07 Å². The van der Waals surface area contributed by atoms with Crippen LogP contribution < -0.4 is 15.0 Å². The van der Waals surface area contributed by atoms with E-state index in [9.17, 15) is 9.18 Å². The minimum absolute atomic E-state index is 0.0922. The van der Waals surface area contributed by atoms with Gasteiger partial charge in [-0.1, -0.05) is 30.3 Å². The number of nitrogens with one attached hydrogen (secondary N) is 1. The molecule has 0 radical (unpaired) electrons. The maximum absolute atomic E-state index is 13.5. The van der Waals surface area contributed by atoms with E-state index in [-0.39, 0.29) is 11.7 Å². The van der Waals surface area contributed by atoms with Crippen molar-refractivity contribution in [3.8, 4) is 5.75 Å². The molecule has 1 aliphatic heterocycles. The Hall–Kier alpha value is -2.21. The third-order valence-corrected chi connectivity index (χ3v) is 5.35. The van der Waals surface area contributed by atoms with Crippen LogP contribution in [0.3, 0.4) is 0 Å². The lowest BCUT2D eigenvalue weighted by Gasteiger charge is -2.32. The normalized spacial score (nSPS) is 15.9. The smallest absolute Gasteiger partial charge is 0.262 e. The summed E-state index contributed by atoms with van der Waals surface area (Å²) in [5.74, 6) is 2.00. The van der Waals surface area contributed by atoms with Crippen molar-refractivity contribution in [1.29, 1.82) is 0 Å². The molecule has 1 heterocycles. The average Bonchev–Trinajstić information content (AvgIpc) is 2.65. The number of carbonyl (C=O) groups excluding carboxylic acids is 1. The van der Waals surface area contributed by atoms with Gasteiger partial charge in [-0.15, -0.1) is 0 Å². The molecule has 0 saturated carbocycles. The number of ether oxygens (including phenoxy) is 1. The zero-order valence-electron chi connectivity index (χ0n) is 14.8. The highest BCUT2D eigenvalue weighted by molar-refractivity contribution is 7.98. The van der Waals surface area contributed by atoms with E-state index in [0.29, 0.717) is 18.8 Å². The lowest BCUT2D eigenvalue weighted by molar-refractivity contribution is -0.127. The van der Waals surface area contributed by atoms with Crippen molar-refractivity contribution in [2.24, 2.45) is 0 Å². The van der Waals surface area contributed by atoms with E-state index >= 15 is 0 Å². The van der Waals surface area contributed by atoms with Gasteiger partial charge < -0.3 is 15.0 Å². The summed E-state index contributed by atoms with van der Waals surface area (Å²) in [6.45, 7) is 1.12. The quantitative estimate of drug-likeness (QED) is 0.754. The number of amides is 1. The fourth-order valence-corrected chi connectivity index (χ4v) is 3.79. The largest absolute Gasteiger partial charge is 0.477 e. The molecule has 2 aromatic rings. The van der Waals surface area contributed by atoms with Gasteiger partial charge in [0.1, 0.15) is 11.6 Å². The third-order valence-electron chi connectivity index (χ3n) is 4.26.